The van der Waals surface area contributed by atoms with Crippen LogP contribution in [-0.4, -0.2) is 57.9 Å². The van der Waals surface area contributed by atoms with Crippen molar-refractivity contribution in [3.8, 4) is 0 Å². The molecule has 1 saturated heterocycles. The fraction of sp³-hybridized carbons (Fsp3) is 0.824. The van der Waals surface area contributed by atoms with Crippen molar-refractivity contribution in [2.45, 2.75) is 51.5 Å². The van der Waals surface area contributed by atoms with E-state index in [-0.39, 0.29) is 13.0 Å². The van der Waals surface area contributed by atoms with E-state index >= 15 is 0 Å². The normalized spacial score (nSPS) is 24.5. The van der Waals surface area contributed by atoms with Gasteiger partial charge in [0.2, 0.25) is 0 Å². The summed E-state index contributed by atoms with van der Waals surface area (Å²) in [6.07, 6.45) is 6.17. The largest absolute Gasteiger partial charge is 0.350 e. The first kappa shape index (κ1) is 18.2. The molecule has 1 atom stereocenters. The quantitative estimate of drug-likeness (QED) is 0.850. The van der Waals surface area contributed by atoms with Gasteiger partial charge < -0.3 is 10.2 Å². The summed E-state index contributed by atoms with van der Waals surface area (Å²) in [5.74, 6) is -3.33. The summed E-state index contributed by atoms with van der Waals surface area (Å²) in [6.45, 7) is 4.03. The van der Waals surface area contributed by atoms with E-state index < -0.39 is 17.7 Å². The number of nitrogens with zero attached hydrogens (tertiary/aromatic N) is 4. The molecule has 0 aromatic carbocycles. The molecule has 1 amide bonds. The molecule has 3 rings (SSSR count). The van der Waals surface area contributed by atoms with Gasteiger partial charge in [-0.05, 0) is 25.7 Å². The SMILES string of the molecule is CCn1nncc1C(=O)NCC1CN(CC2CCCC2)CCC1(F)F. The van der Waals surface area contributed by atoms with Crippen LogP contribution in [0.15, 0.2) is 6.20 Å². The molecule has 1 saturated carbocycles. The number of aryl methyl sites for hydroxylation is 1. The molecule has 2 aliphatic rings. The van der Waals surface area contributed by atoms with Gasteiger partial charge in [0.1, 0.15) is 5.69 Å². The Labute approximate surface area is 146 Å². The second-order valence-electron chi connectivity index (χ2n) is 7.26. The fourth-order valence-corrected chi connectivity index (χ4v) is 3.96. The molecule has 1 aliphatic heterocycles. The zero-order valence-electron chi connectivity index (χ0n) is 14.8. The lowest BCUT2D eigenvalue weighted by Gasteiger charge is -2.39. The van der Waals surface area contributed by atoms with E-state index in [1.165, 1.54) is 36.6 Å². The number of hydrogen-bond donors (Lipinski definition) is 1. The van der Waals surface area contributed by atoms with Crippen molar-refractivity contribution in [2.24, 2.45) is 11.8 Å². The van der Waals surface area contributed by atoms with Crippen LogP contribution in [0.1, 0.15) is 49.5 Å². The Balaban J connectivity index is 1.55. The first-order valence-corrected chi connectivity index (χ1v) is 9.26. The van der Waals surface area contributed by atoms with E-state index in [4.69, 9.17) is 0 Å². The Morgan fingerprint density at radius 2 is 2.16 bits per heavy atom. The third kappa shape index (κ3) is 4.34. The molecule has 6 nitrogen and oxygen atoms in total. The summed E-state index contributed by atoms with van der Waals surface area (Å²) in [7, 11) is 0. The molecule has 1 aromatic rings. The minimum atomic E-state index is -2.73. The Morgan fingerprint density at radius 3 is 2.88 bits per heavy atom. The Hall–Kier alpha value is -1.57. The van der Waals surface area contributed by atoms with Crippen LogP contribution in [0.4, 0.5) is 8.78 Å². The minimum Gasteiger partial charge on any atom is -0.350 e. The third-order valence-electron chi connectivity index (χ3n) is 5.49. The van der Waals surface area contributed by atoms with Crippen molar-refractivity contribution in [2.75, 3.05) is 26.2 Å². The molecular formula is C17H27F2N5O. The molecule has 0 radical (unpaired) electrons. The summed E-state index contributed by atoms with van der Waals surface area (Å²) < 4.78 is 30.0. The summed E-state index contributed by atoms with van der Waals surface area (Å²) in [5, 5.41) is 10.2. The van der Waals surface area contributed by atoms with E-state index in [0.29, 0.717) is 31.2 Å². The standard InChI is InChI=1S/C17H27F2N5O/c1-2-24-15(10-21-22-24)16(25)20-9-14-12-23(8-7-17(14,18)19)11-13-5-3-4-6-13/h10,13-14H,2-9,11-12H2,1H3,(H,20,25). The van der Waals surface area contributed by atoms with Gasteiger partial charge in [-0.15, -0.1) is 5.10 Å². The number of aromatic nitrogens is 3. The lowest BCUT2D eigenvalue weighted by atomic mass is 9.92. The zero-order chi connectivity index (χ0) is 17.9. The molecule has 1 unspecified atom stereocenters. The highest BCUT2D eigenvalue weighted by molar-refractivity contribution is 5.92. The molecule has 2 fully saturated rings. The van der Waals surface area contributed by atoms with Crippen LogP contribution in [0.25, 0.3) is 0 Å². The van der Waals surface area contributed by atoms with Crippen LogP contribution in [0.5, 0.6) is 0 Å². The molecule has 140 valence electrons. The van der Waals surface area contributed by atoms with Crippen LogP contribution >= 0.6 is 0 Å². The van der Waals surface area contributed by atoms with E-state index in [0.717, 1.165) is 6.54 Å². The van der Waals surface area contributed by atoms with Crippen LogP contribution < -0.4 is 5.32 Å². The van der Waals surface area contributed by atoms with E-state index in [9.17, 15) is 13.6 Å². The van der Waals surface area contributed by atoms with Gasteiger partial charge in [0.15, 0.2) is 0 Å². The summed E-state index contributed by atoms with van der Waals surface area (Å²) in [6, 6.07) is 0. The maximum atomic E-state index is 14.3. The second-order valence-corrected chi connectivity index (χ2v) is 7.26. The highest BCUT2D eigenvalue weighted by Crippen LogP contribution is 2.34. The van der Waals surface area contributed by atoms with Gasteiger partial charge in [-0.2, -0.15) is 0 Å². The Kier molecular flexibility index (Phi) is 5.66. The number of alkyl halides is 2. The number of nitrogens with one attached hydrogen (secondary N) is 1. The van der Waals surface area contributed by atoms with Gasteiger partial charge in [0, 0.05) is 39.1 Å². The topological polar surface area (TPSA) is 63.1 Å². The first-order valence-electron chi connectivity index (χ1n) is 9.26. The number of amides is 1. The van der Waals surface area contributed by atoms with Gasteiger partial charge in [0.25, 0.3) is 11.8 Å². The Bertz CT molecular complexity index is 585. The van der Waals surface area contributed by atoms with Crippen molar-refractivity contribution in [3.63, 3.8) is 0 Å². The predicted molar refractivity (Wildman–Crippen MR) is 89.5 cm³/mol. The summed E-state index contributed by atoms with van der Waals surface area (Å²) >= 11 is 0. The van der Waals surface area contributed by atoms with Gasteiger partial charge in [-0.25, -0.2) is 13.5 Å². The van der Waals surface area contributed by atoms with Crippen molar-refractivity contribution < 1.29 is 13.6 Å². The predicted octanol–water partition coefficient (Wildman–Crippen LogP) is 2.18. The number of hydrogen-bond acceptors (Lipinski definition) is 4. The highest BCUT2D eigenvalue weighted by Gasteiger charge is 2.44. The van der Waals surface area contributed by atoms with Crippen molar-refractivity contribution in [1.29, 1.82) is 0 Å². The highest BCUT2D eigenvalue weighted by atomic mass is 19.3. The molecule has 0 spiro atoms. The number of rotatable bonds is 6. The summed E-state index contributed by atoms with van der Waals surface area (Å²) in [5.41, 5.74) is 0.310. The van der Waals surface area contributed by atoms with Crippen molar-refractivity contribution in [3.05, 3.63) is 11.9 Å². The number of piperidine rings is 1. The maximum Gasteiger partial charge on any atom is 0.271 e. The van der Waals surface area contributed by atoms with Crippen molar-refractivity contribution >= 4 is 5.91 Å². The van der Waals surface area contributed by atoms with Gasteiger partial charge in [0.05, 0.1) is 12.1 Å². The monoisotopic (exact) mass is 355 g/mol. The van der Waals surface area contributed by atoms with E-state index in [1.807, 2.05) is 6.92 Å². The molecule has 0 bridgehead atoms. The smallest absolute Gasteiger partial charge is 0.271 e. The Morgan fingerprint density at radius 1 is 1.40 bits per heavy atom. The first-order chi connectivity index (χ1) is 12.0. The molecular weight excluding hydrogens is 328 g/mol. The molecule has 1 aliphatic carbocycles. The average molecular weight is 355 g/mol. The van der Waals surface area contributed by atoms with Crippen LogP contribution in [0.2, 0.25) is 0 Å². The maximum absolute atomic E-state index is 14.3. The van der Waals surface area contributed by atoms with Gasteiger partial charge >= 0.3 is 0 Å². The number of halogens is 2. The zero-order valence-corrected chi connectivity index (χ0v) is 14.8. The van der Waals surface area contributed by atoms with E-state index in [1.54, 1.807) is 0 Å². The molecule has 1 N–H and O–H groups in total. The number of carbonyl (C=O) groups excluding carboxylic acids is 1. The average Bonchev–Trinajstić information content (AvgIpc) is 3.26. The molecule has 25 heavy (non-hydrogen) atoms. The van der Waals surface area contributed by atoms with E-state index in [2.05, 4.69) is 20.5 Å². The van der Waals surface area contributed by atoms with Crippen molar-refractivity contribution in [1.82, 2.24) is 25.2 Å². The lowest BCUT2D eigenvalue weighted by molar-refractivity contribution is -0.105. The second kappa shape index (κ2) is 7.76. The number of carbonyl (C=O) groups is 1. The fourth-order valence-electron chi connectivity index (χ4n) is 3.96. The molecule has 8 heteroatoms. The minimum absolute atomic E-state index is 0.0259. The van der Waals surface area contributed by atoms with Gasteiger partial charge in [-0.1, -0.05) is 18.1 Å². The molecule has 2 heterocycles. The van der Waals surface area contributed by atoms with Gasteiger partial charge in [-0.3, -0.25) is 4.79 Å². The molecule has 1 aromatic heterocycles. The van der Waals surface area contributed by atoms with Crippen LogP contribution in [-0.2, 0) is 6.54 Å². The number of likely N-dealkylation sites (tertiary alicyclic amines) is 1. The summed E-state index contributed by atoms with van der Waals surface area (Å²) in [4.78, 5) is 14.4. The lowest BCUT2D eigenvalue weighted by Crippen LogP contribution is -2.52. The third-order valence-corrected chi connectivity index (χ3v) is 5.49. The van der Waals surface area contributed by atoms with Crippen LogP contribution in [0.3, 0.4) is 0 Å². The van der Waals surface area contributed by atoms with Crippen LogP contribution in [0, 0.1) is 11.8 Å².